The molecular formula is C15H21N. The van der Waals surface area contributed by atoms with Gasteiger partial charge in [0.25, 0.3) is 0 Å². The van der Waals surface area contributed by atoms with Crippen LogP contribution in [0, 0.1) is 0 Å². The van der Waals surface area contributed by atoms with E-state index in [0.29, 0.717) is 5.92 Å². The van der Waals surface area contributed by atoms with Crippen LogP contribution in [0.3, 0.4) is 0 Å². The zero-order valence-electron chi connectivity index (χ0n) is 10.9. The van der Waals surface area contributed by atoms with Gasteiger partial charge in [-0.25, -0.2) is 0 Å². The van der Waals surface area contributed by atoms with Gasteiger partial charge in [0.15, 0.2) is 0 Å². The normalized spacial score (nSPS) is 12.6. The minimum Gasteiger partial charge on any atom is -0.358 e. The van der Waals surface area contributed by atoms with Crippen LogP contribution in [0.25, 0.3) is 10.9 Å². The Morgan fingerprint density at radius 2 is 1.75 bits per heavy atom. The van der Waals surface area contributed by atoms with Crippen molar-refractivity contribution in [3.8, 4) is 0 Å². The molecule has 0 amide bonds. The number of hydrogen-bond acceptors (Lipinski definition) is 0. The predicted molar refractivity (Wildman–Crippen MR) is 71.1 cm³/mol. The summed E-state index contributed by atoms with van der Waals surface area (Å²) >= 11 is 0. The summed E-state index contributed by atoms with van der Waals surface area (Å²) in [5.74, 6) is 0.595. The molecular weight excluding hydrogens is 194 g/mol. The average Bonchev–Trinajstić information content (AvgIpc) is 2.58. The molecule has 0 atom stereocenters. The molecule has 0 aliphatic rings. The van der Waals surface area contributed by atoms with Gasteiger partial charge in [-0.15, -0.1) is 0 Å². The maximum absolute atomic E-state index is 3.50. The van der Waals surface area contributed by atoms with E-state index in [1.54, 1.807) is 0 Å². The van der Waals surface area contributed by atoms with Crippen molar-refractivity contribution in [1.29, 1.82) is 0 Å². The van der Waals surface area contributed by atoms with E-state index in [0.717, 1.165) is 0 Å². The van der Waals surface area contributed by atoms with Crippen LogP contribution in [-0.2, 0) is 5.41 Å². The second-order valence-corrected chi connectivity index (χ2v) is 5.93. The first kappa shape index (κ1) is 11.3. The zero-order valence-corrected chi connectivity index (χ0v) is 10.9. The van der Waals surface area contributed by atoms with Crippen LogP contribution in [0.15, 0.2) is 24.3 Å². The number of hydrogen-bond donors (Lipinski definition) is 1. The fourth-order valence-electron chi connectivity index (χ4n) is 1.91. The molecule has 0 saturated carbocycles. The zero-order chi connectivity index (χ0) is 11.9. The lowest BCUT2D eigenvalue weighted by Crippen LogP contribution is -2.10. The van der Waals surface area contributed by atoms with E-state index < -0.39 is 0 Å². The van der Waals surface area contributed by atoms with Gasteiger partial charge in [-0.2, -0.15) is 0 Å². The molecule has 1 heterocycles. The Kier molecular flexibility index (Phi) is 2.57. The Hall–Kier alpha value is -1.24. The van der Waals surface area contributed by atoms with Gasteiger partial charge in [0.05, 0.1) is 0 Å². The first-order valence-electron chi connectivity index (χ1n) is 6.01. The number of fused-ring (bicyclic) bond motifs is 1. The van der Waals surface area contributed by atoms with Crippen LogP contribution in [-0.4, -0.2) is 4.98 Å². The van der Waals surface area contributed by atoms with Crippen LogP contribution in [0.2, 0.25) is 0 Å². The smallest absolute Gasteiger partial charge is 0.0456 e. The summed E-state index contributed by atoms with van der Waals surface area (Å²) in [4.78, 5) is 3.50. The van der Waals surface area contributed by atoms with Crippen LogP contribution in [0.1, 0.15) is 51.8 Å². The highest BCUT2D eigenvalue weighted by atomic mass is 14.7. The average molecular weight is 215 g/mol. The molecule has 1 aromatic heterocycles. The fraction of sp³-hybridized carbons (Fsp3) is 0.467. The van der Waals surface area contributed by atoms with Gasteiger partial charge >= 0.3 is 0 Å². The molecule has 1 heteroatoms. The number of H-pyrrole nitrogens is 1. The molecule has 86 valence electrons. The number of aromatic amines is 1. The highest BCUT2D eigenvalue weighted by Crippen LogP contribution is 2.27. The van der Waals surface area contributed by atoms with Gasteiger partial charge in [0.1, 0.15) is 0 Å². The van der Waals surface area contributed by atoms with Crippen molar-refractivity contribution in [3.05, 3.63) is 35.5 Å². The molecule has 1 nitrogen and oxygen atoms in total. The molecule has 0 spiro atoms. The van der Waals surface area contributed by atoms with Crippen molar-refractivity contribution in [2.45, 2.75) is 46.0 Å². The molecule has 0 radical (unpaired) electrons. The Balaban J connectivity index is 2.54. The number of benzene rings is 1. The van der Waals surface area contributed by atoms with Crippen LogP contribution >= 0.6 is 0 Å². The highest BCUT2D eigenvalue weighted by molar-refractivity contribution is 5.81. The number of nitrogens with one attached hydrogen (secondary N) is 1. The third-order valence-electron chi connectivity index (χ3n) is 3.12. The summed E-state index contributed by atoms with van der Waals surface area (Å²) in [6.45, 7) is 11.2. The second-order valence-electron chi connectivity index (χ2n) is 5.93. The summed E-state index contributed by atoms with van der Waals surface area (Å²) in [6.07, 6.45) is 0. The molecule has 0 bridgehead atoms. The maximum Gasteiger partial charge on any atom is 0.0456 e. The van der Waals surface area contributed by atoms with Crippen molar-refractivity contribution in [2.24, 2.45) is 0 Å². The van der Waals surface area contributed by atoms with E-state index in [1.165, 1.54) is 22.2 Å². The third kappa shape index (κ3) is 1.99. The predicted octanol–water partition coefficient (Wildman–Crippen LogP) is 4.59. The standard InChI is InChI=1S/C15H21N/c1-10(2)11-6-7-13-12(8-11)9-14(16-13)15(3,4)5/h6-10,16H,1-5H3. The summed E-state index contributed by atoms with van der Waals surface area (Å²) in [6, 6.07) is 8.99. The number of rotatable bonds is 1. The molecule has 16 heavy (non-hydrogen) atoms. The van der Waals surface area contributed by atoms with Crippen molar-refractivity contribution in [2.75, 3.05) is 0 Å². The topological polar surface area (TPSA) is 15.8 Å². The van der Waals surface area contributed by atoms with Gasteiger partial charge in [-0.1, -0.05) is 40.7 Å². The summed E-state index contributed by atoms with van der Waals surface area (Å²) in [5.41, 5.74) is 4.15. The third-order valence-corrected chi connectivity index (χ3v) is 3.12. The fourth-order valence-corrected chi connectivity index (χ4v) is 1.91. The van der Waals surface area contributed by atoms with Gasteiger partial charge in [0, 0.05) is 16.6 Å². The highest BCUT2D eigenvalue weighted by Gasteiger charge is 2.16. The van der Waals surface area contributed by atoms with Crippen LogP contribution < -0.4 is 0 Å². The largest absolute Gasteiger partial charge is 0.358 e. The summed E-state index contributed by atoms with van der Waals surface area (Å²) in [7, 11) is 0. The van der Waals surface area contributed by atoms with Gasteiger partial charge in [-0.05, 0) is 35.1 Å². The Morgan fingerprint density at radius 3 is 2.31 bits per heavy atom. The molecule has 0 aliphatic carbocycles. The van der Waals surface area contributed by atoms with E-state index in [1.807, 2.05) is 0 Å². The minimum absolute atomic E-state index is 0.191. The Bertz CT molecular complexity index is 498. The lowest BCUT2D eigenvalue weighted by atomic mass is 9.92. The van der Waals surface area contributed by atoms with E-state index in [4.69, 9.17) is 0 Å². The van der Waals surface area contributed by atoms with Crippen molar-refractivity contribution < 1.29 is 0 Å². The molecule has 2 aromatic rings. The van der Waals surface area contributed by atoms with Crippen LogP contribution in [0.5, 0.6) is 0 Å². The van der Waals surface area contributed by atoms with Crippen molar-refractivity contribution in [3.63, 3.8) is 0 Å². The van der Waals surface area contributed by atoms with Gasteiger partial charge in [0.2, 0.25) is 0 Å². The Morgan fingerprint density at radius 1 is 1.06 bits per heavy atom. The van der Waals surface area contributed by atoms with Crippen molar-refractivity contribution in [1.82, 2.24) is 4.98 Å². The monoisotopic (exact) mass is 215 g/mol. The lowest BCUT2D eigenvalue weighted by molar-refractivity contribution is 0.574. The molecule has 0 unspecified atom stereocenters. The van der Waals surface area contributed by atoms with Crippen LogP contribution in [0.4, 0.5) is 0 Å². The van der Waals surface area contributed by atoms with E-state index in [9.17, 15) is 0 Å². The van der Waals surface area contributed by atoms with Gasteiger partial charge in [-0.3, -0.25) is 0 Å². The number of aromatic nitrogens is 1. The summed E-state index contributed by atoms with van der Waals surface area (Å²) < 4.78 is 0. The molecule has 0 aliphatic heterocycles. The van der Waals surface area contributed by atoms with E-state index >= 15 is 0 Å². The van der Waals surface area contributed by atoms with Crippen molar-refractivity contribution >= 4 is 10.9 Å². The van der Waals surface area contributed by atoms with Gasteiger partial charge < -0.3 is 4.98 Å². The Labute approximate surface area is 97.9 Å². The molecule has 0 fully saturated rings. The summed E-state index contributed by atoms with van der Waals surface area (Å²) in [5, 5.41) is 1.33. The van der Waals surface area contributed by atoms with E-state index in [2.05, 4.69) is 63.9 Å². The molecule has 2 rings (SSSR count). The van der Waals surface area contributed by atoms with E-state index in [-0.39, 0.29) is 5.41 Å². The second kappa shape index (κ2) is 3.65. The molecule has 1 N–H and O–H groups in total. The molecule has 1 aromatic carbocycles. The lowest BCUT2D eigenvalue weighted by Gasteiger charge is -2.15. The first-order chi connectivity index (χ1) is 7.38. The SMILES string of the molecule is CC(C)c1ccc2[nH]c(C(C)(C)C)cc2c1. The minimum atomic E-state index is 0.191. The first-order valence-corrected chi connectivity index (χ1v) is 6.01. The maximum atomic E-state index is 3.50. The quantitative estimate of drug-likeness (QED) is 0.716. The molecule has 0 saturated heterocycles.